The molecule has 4 nitrogen and oxygen atoms in total. The van der Waals surface area contributed by atoms with Crippen LogP contribution < -0.4 is 5.32 Å². The predicted molar refractivity (Wildman–Crippen MR) is 81.1 cm³/mol. The van der Waals surface area contributed by atoms with Gasteiger partial charge in [-0.1, -0.05) is 17.7 Å². The smallest absolute Gasteiger partial charge is 0.310 e. The normalized spacial score (nSPS) is 11.2. The number of thioether (sulfide) groups is 1. The van der Waals surface area contributed by atoms with Gasteiger partial charge in [0, 0.05) is 11.4 Å². The second kappa shape index (κ2) is 6.79. The van der Waals surface area contributed by atoms with E-state index in [0.29, 0.717) is 5.75 Å². The van der Waals surface area contributed by atoms with E-state index in [0.717, 1.165) is 16.0 Å². The average Bonchev–Trinajstić information content (AvgIpc) is 2.37. The zero-order valence-corrected chi connectivity index (χ0v) is 13.1. The molecule has 0 saturated heterocycles. The summed E-state index contributed by atoms with van der Waals surface area (Å²) in [6.45, 7) is 7.33. The standard InChI is InChI=1S/C15H21NO3S/c1-10-5-6-11(2)12(7-10)20-8-13(17)16-9-15(3,4)14(18)19/h5-7H,8-9H2,1-4H3,(H,16,17)(H,18,19). The number of benzene rings is 1. The number of amides is 1. The predicted octanol–water partition coefficient (Wildman–Crippen LogP) is 2.62. The van der Waals surface area contributed by atoms with Crippen molar-refractivity contribution in [2.24, 2.45) is 5.41 Å². The van der Waals surface area contributed by atoms with Gasteiger partial charge in [0.1, 0.15) is 0 Å². The highest BCUT2D eigenvalue weighted by atomic mass is 32.2. The SMILES string of the molecule is Cc1ccc(C)c(SCC(=O)NCC(C)(C)C(=O)O)c1. The van der Waals surface area contributed by atoms with Crippen molar-refractivity contribution in [3.05, 3.63) is 29.3 Å². The molecule has 0 spiro atoms. The van der Waals surface area contributed by atoms with Crippen molar-refractivity contribution >= 4 is 23.6 Å². The van der Waals surface area contributed by atoms with Crippen LogP contribution in [0.25, 0.3) is 0 Å². The lowest BCUT2D eigenvalue weighted by Crippen LogP contribution is -2.39. The van der Waals surface area contributed by atoms with E-state index in [1.807, 2.05) is 26.0 Å². The molecule has 0 aliphatic carbocycles. The maximum absolute atomic E-state index is 11.8. The maximum atomic E-state index is 11.8. The molecule has 0 unspecified atom stereocenters. The van der Waals surface area contributed by atoms with Crippen LogP contribution in [-0.4, -0.2) is 29.3 Å². The van der Waals surface area contributed by atoms with Crippen LogP contribution in [0.4, 0.5) is 0 Å². The molecule has 0 heterocycles. The Bertz CT molecular complexity index is 512. The van der Waals surface area contributed by atoms with Gasteiger partial charge in [-0.2, -0.15) is 0 Å². The Morgan fingerprint density at radius 2 is 1.95 bits per heavy atom. The zero-order chi connectivity index (χ0) is 15.3. The second-order valence-corrected chi connectivity index (χ2v) is 6.54. The van der Waals surface area contributed by atoms with Crippen LogP contribution in [0, 0.1) is 19.3 Å². The fourth-order valence-electron chi connectivity index (χ4n) is 1.45. The maximum Gasteiger partial charge on any atom is 0.310 e. The Hall–Kier alpha value is -1.49. The number of carbonyl (C=O) groups excluding carboxylic acids is 1. The van der Waals surface area contributed by atoms with Crippen LogP contribution in [0.3, 0.4) is 0 Å². The molecule has 0 radical (unpaired) electrons. The van der Waals surface area contributed by atoms with Crippen molar-refractivity contribution in [1.82, 2.24) is 5.32 Å². The fourth-order valence-corrected chi connectivity index (χ4v) is 2.41. The van der Waals surface area contributed by atoms with E-state index < -0.39 is 11.4 Å². The molecule has 1 rings (SSSR count). The lowest BCUT2D eigenvalue weighted by atomic mass is 9.94. The van der Waals surface area contributed by atoms with Crippen molar-refractivity contribution < 1.29 is 14.7 Å². The number of aliphatic carboxylic acids is 1. The summed E-state index contributed by atoms with van der Waals surface area (Å²) in [6, 6.07) is 6.12. The first kappa shape index (κ1) is 16.6. The van der Waals surface area contributed by atoms with E-state index in [2.05, 4.69) is 11.4 Å². The highest BCUT2D eigenvalue weighted by Gasteiger charge is 2.27. The van der Waals surface area contributed by atoms with E-state index in [1.54, 1.807) is 13.8 Å². The monoisotopic (exact) mass is 295 g/mol. The van der Waals surface area contributed by atoms with Crippen molar-refractivity contribution in [3.63, 3.8) is 0 Å². The minimum atomic E-state index is -0.945. The highest BCUT2D eigenvalue weighted by molar-refractivity contribution is 8.00. The number of carboxylic acid groups (broad SMARTS) is 1. The number of carboxylic acids is 1. The molecule has 1 aromatic rings. The van der Waals surface area contributed by atoms with Crippen molar-refractivity contribution in [2.45, 2.75) is 32.6 Å². The van der Waals surface area contributed by atoms with Gasteiger partial charge in [0.05, 0.1) is 11.2 Å². The number of nitrogens with one attached hydrogen (secondary N) is 1. The Kier molecular flexibility index (Phi) is 5.62. The molecule has 5 heteroatoms. The number of carbonyl (C=O) groups is 2. The van der Waals surface area contributed by atoms with Gasteiger partial charge in [0.15, 0.2) is 0 Å². The lowest BCUT2D eigenvalue weighted by Gasteiger charge is -2.19. The summed E-state index contributed by atoms with van der Waals surface area (Å²) in [5.41, 5.74) is 1.35. The first-order chi connectivity index (χ1) is 9.22. The van der Waals surface area contributed by atoms with Gasteiger partial charge < -0.3 is 10.4 Å². The van der Waals surface area contributed by atoms with Crippen LogP contribution >= 0.6 is 11.8 Å². The van der Waals surface area contributed by atoms with E-state index in [4.69, 9.17) is 5.11 Å². The van der Waals surface area contributed by atoms with Gasteiger partial charge in [-0.3, -0.25) is 9.59 Å². The Morgan fingerprint density at radius 3 is 2.55 bits per heavy atom. The van der Waals surface area contributed by atoms with Gasteiger partial charge in [-0.05, 0) is 39.3 Å². The third kappa shape index (κ3) is 4.89. The molecule has 1 amide bonds. The van der Waals surface area contributed by atoms with Crippen LogP contribution in [-0.2, 0) is 9.59 Å². The summed E-state index contributed by atoms with van der Waals surface area (Å²) in [4.78, 5) is 23.8. The minimum Gasteiger partial charge on any atom is -0.481 e. The molecule has 1 aromatic carbocycles. The molecule has 0 aliphatic rings. The molecule has 0 bridgehead atoms. The third-order valence-electron chi connectivity index (χ3n) is 3.01. The molecular formula is C15H21NO3S. The first-order valence-corrected chi connectivity index (χ1v) is 7.41. The Labute approximate surface area is 124 Å². The number of rotatable bonds is 6. The zero-order valence-electron chi connectivity index (χ0n) is 12.3. The summed E-state index contributed by atoms with van der Waals surface area (Å²) in [7, 11) is 0. The van der Waals surface area contributed by atoms with Crippen LogP contribution in [0.5, 0.6) is 0 Å². The summed E-state index contributed by atoms with van der Waals surface area (Å²) < 4.78 is 0. The van der Waals surface area contributed by atoms with E-state index >= 15 is 0 Å². The van der Waals surface area contributed by atoms with E-state index in [9.17, 15) is 9.59 Å². The number of hydrogen-bond acceptors (Lipinski definition) is 3. The van der Waals surface area contributed by atoms with Gasteiger partial charge in [-0.25, -0.2) is 0 Å². The number of aryl methyl sites for hydroxylation is 2. The Balaban J connectivity index is 2.48. The molecule has 0 aliphatic heterocycles. The molecule has 2 N–H and O–H groups in total. The summed E-state index contributed by atoms with van der Waals surface area (Å²) in [5, 5.41) is 11.6. The van der Waals surface area contributed by atoms with Crippen molar-refractivity contribution in [3.8, 4) is 0 Å². The number of hydrogen-bond donors (Lipinski definition) is 2. The van der Waals surface area contributed by atoms with Gasteiger partial charge in [0.2, 0.25) is 5.91 Å². The molecule has 20 heavy (non-hydrogen) atoms. The first-order valence-electron chi connectivity index (χ1n) is 6.42. The lowest BCUT2D eigenvalue weighted by molar-refractivity contribution is -0.146. The molecule has 0 fully saturated rings. The van der Waals surface area contributed by atoms with Crippen molar-refractivity contribution in [2.75, 3.05) is 12.3 Å². The molecule has 110 valence electrons. The fraction of sp³-hybridized carbons (Fsp3) is 0.467. The largest absolute Gasteiger partial charge is 0.481 e. The quantitative estimate of drug-likeness (QED) is 0.792. The summed E-state index contributed by atoms with van der Waals surface area (Å²) in [6.07, 6.45) is 0. The van der Waals surface area contributed by atoms with Gasteiger partial charge in [-0.15, -0.1) is 11.8 Å². The minimum absolute atomic E-state index is 0.133. The van der Waals surface area contributed by atoms with E-state index in [1.165, 1.54) is 11.8 Å². The molecular weight excluding hydrogens is 274 g/mol. The highest BCUT2D eigenvalue weighted by Crippen LogP contribution is 2.23. The van der Waals surface area contributed by atoms with Crippen LogP contribution in [0.15, 0.2) is 23.1 Å². The molecule has 0 saturated carbocycles. The molecule has 0 atom stereocenters. The van der Waals surface area contributed by atoms with Gasteiger partial charge in [0.25, 0.3) is 0 Å². The Morgan fingerprint density at radius 1 is 1.30 bits per heavy atom. The average molecular weight is 295 g/mol. The van der Waals surface area contributed by atoms with Crippen LogP contribution in [0.1, 0.15) is 25.0 Å². The van der Waals surface area contributed by atoms with Crippen molar-refractivity contribution in [1.29, 1.82) is 0 Å². The van der Waals surface area contributed by atoms with Gasteiger partial charge >= 0.3 is 5.97 Å². The summed E-state index contributed by atoms with van der Waals surface area (Å²) >= 11 is 1.47. The second-order valence-electron chi connectivity index (χ2n) is 5.52. The van der Waals surface area contributed by atoms with E-state index in [-0.39, 0.29) is 12.5 Å². The topological polar surface area (TPSA) is 66.4 Å². The molecule has 0 aromatic heterocycles. The van der Waals surface area contributed by atoms with Crippen LogP contribution in [0.2, 0.25) is 0 Å². The summed E-state index contributed by atoms with van der Waals surface area (Å²) in [5.74, 6) is -0.773. The third-order valence-corrected chi connectivity index (χ3v) is 4.17.